The maximum atomic E-state index is 12.2. The number of fused-ring (bicyclic) bond motifs is 1. The molecule has 0 aliphatic carbocycles. The van der Waals surface area contributed by atoms with Gasteiger partial charge in [-0.15, -0.1) is 12.4 Å². The molecule has 118 valence electrons. The maximum absolute atomic E-state index is 12.2. The van der Waals surface area contributed by atoms with E-state index in [0.29, 0.717) is 0 Å². The zero-order valence-electron chi connectivity index (χ0n) is 11.4. The van der Waals surface area contributed by atoms with Crippen LogP contribution in [0.1, 0.15) is 5.56 Å². The standard InChI is InChI=1S/C14H17F3N2S.ClH/c15-14(16,17)20-13-3-1-10(2-4-13)7-19-8-11-5-18-6-12(11)9-19;/h1-4,11-12,18H,5-9H2;1H/t11-,12+;. The maximum Gasteiger partial charge on any atom is 0.446 e. The van der Waals surface area contributed by atoms with E-state index >= 15 is 0 Å². The molecular weight excluding hydrogens is 321 g/mol. The normalized spacial score (nSPS) is 25.7. The molecule has 0 radical (unpaired) electrons. The van der Waals surface area contributed by atoms with E-state index in [1.165, 1.54) is 0 Å². The van der Waals surface area contributed by atoms with Gasteiger partial charge in [0.2, 0.25) is 0 Å². The summed E-state index contributed by atoms with van der Waals surface area (Å²) in [7, 11) is 0. The SMILES string of the molecule is Cl.FC(F)(F)Sc1ccc(CN2C[C@H]3CNC[C@H]3C2)cc1. The fourth-order valence-electron chi connectivity index (χ4n) is 3.14. The molecule has 0 amide bonds. The number of nitrogens with one attached hydrogen (secondary N) is 1. The minimum Gasteiger partial charge on any atom is -0.316 e. The summed E-state index contributed by atoms with van der Waals surface area (Å²) in [5.74, 6) is 1.49. The summed E-state index contributed by atoms with van der Waals surface area (Å²) in [6.45, 7) is 5.22. The summed E-state index contributed by atoms with van der Waals surface area (Å²) in [6, 6.07) is 6.73. The van der Waals surface area contributed by atoms with Gasteiger partial charge < -0.3 is 5.32 Å². The Bertz CT molecular complexity index is 454. The van der Waals surface area contributed by atoms with Crippen LogP contribution < -0.4 is 5.32 Å². The van der Waals surface area contributed by atoms with Gasteiger partial charge in [0.25, 0.3) is 0 Å². The predicted molar refractivity (Wildman–Crippen MR) is 80.7 cm³/mol. The molecule has 1 aromatic carbocycles. The van der Waals surface area contributed by atoms with Gasteiger partial charge in [0, 0.05) is 24.5 Å². The number of benzene rings is 1. The van der Waals surface area contributed by atoms with Gasteiger partial charge in [-0.1, -0.05) is 12.1 Å². The summed E-state index contributed by atoms with van der Waals surface area (Å²) >= 11 is -0.0561. The highest BCUT2D eigenvalue weighted by molar-refractivity contribution is 8.00. The van der Waals surface area contributed by atoms with Gasteiger partial charge in [0.15, 0.2) is 0 Å². The molecule has 0 bridgehead atoms. The van der Waals surface area contributed by atoms with Crippen molar-refractivity contribution in [2.24, 2.45) is 11.8 Å². The Balaban J connectivity index is 0.00000161. The third kappa shape index (κ3) is 4.52. The first-order valence-electron chi connectivity index (χ1n) is 6.77. The highest BCUT2D eigenvalue weighted by Crippen LogP contribution is 2.37. The van der Waals surface area contributed by atoms with Gasteiger partial charge >= 0.3 is 5.51 Å². The average Bonchev–Trinajstić information content (AvgIpc) is 2.90. The molecule has 2 atom stereocenters. The zero-order chi connectivity index (χ0) is 14.2. The van der Waals surface area contributed by atoms with Gasteiger partial charge in [-0.3, -0.25) is 4.90 Å². The molecule has 0 aromatic heterocycles. The molecule has 2 nitrogen and oxygen atoms in total. The molecule has 2 heterocycles. The Morgan fingerprint density at radius 2 is 1.67 bits per heavy atom. The van der Waals surface area contributed by atoms with Crippen LogP contribution in [0.15, 0.2) is 29.2 Å². The minimum atomic E-state index is -4.21. The predicted octanol–water partition coefficient (Wildman–Crippen LogP) is 3.37. The molecular formula is C14H18ClF3N2S. The summed E-state index contributed by atoms with van der Waals surface area (Å²) in [5.41, 5.74) is -3.12. The molecule has 7 heteroatoms. The first-order chi connectivity index (χ1) is 9.49. The fourth-order valence-corrected chi connectivity index (χ4v) is 3.68. The Labute approximate surface area is 132 Å². The molecule has 0 saturated carbocycles. The second-order valence-corrected chi connectivity index (χ2v) is 6.70. The van der Waals surface area contributed by atoms with Crippen molar-refractivity contribution in [3.8, 4) is 0 Å². The Morgan fingerprint density at radius 1 is 1.10 bits per heavy atom. The van der Waals surface area contributed by atoms with E-state index < -0.39 is 5.51 Å². The Morgan fingerprint density at radius 3 is 2.19 bits per heavy atom. The van der Waals surface area contributed by atoms with Crippen LogP contribution in [0.25, 0.3) is 0 Å². The lowest BCUT2D eigenvalue weighted by molar-refractivity contribution is -0.0328. The number of hydrogen-bond acceptors (Lipinski definition) is 3. The van der Waals surface area contributed by atoms with Crippen molar-refractivity contribution in [2.75, 3.05) is 26.2 Å². The summed E-state index contributed by atoms with van der Waals surface area (Å²) in [6.07, 6.45) is 0. The summed E-state index contributed by atoms with van der Waals surface area (Å²) in [4.78, 5) is 2.66. The molecule has 2 fully saturated rings. The molecule has 0 unspecified atom stereocenters. The molecule has 2 aliphatic heterocycles. The van der Waals surface area contributed by atoms with Crippen molar-refractivity contribution in [3.63, 3.8) is 0 Å². The first-order valence-corrected chi connectivity index (χ1v) is 7.59. The van der Waals surface area contributed by atoms with Crippen LogP contribution in [0, 0.1) is 11.8 Å². The zero-order valence-corrected chi connectivity index (χ0v) is 13.0. The molecule has 2 saturated heterocycles. The quantitative estimate of drug-likeness (QED) is 0.851. The fraction of sp³-hybridized carbons (Fsp3) is 0.571. The van der Waals surface area contributed by atoms with Crippen molar-refractivity contribution >= 4 is 24.2 Å². The van der Waals surface area contributed by atoms with Crippen LogP contribution in [-0.4, -0.2) is 36.6 Å². The van der Waals surface area contributed by atoms with Gasteiger partial charge in [0.05, 0.1) is 0 Å². The third-order valence-electron chi connectivity index (χ3n) is 4.03. The van der Waals surface area contributed by atoms with E-state index in [-0.39, 0.29) is 29.1 Å². The number of rotatable bonds is 3. The van der Waals surface area contributed by atoms with E-state index in [2.05, 4.69) is 10.2 Å². The van der Waals surface area contributed by atoms with Crippen LogP contribution in [0.2, 0.25) is 0 Å². The van der Waals surface area contributed by atoms with Crippen molar-refractivity contribution in [1.29, 1.82) is 0 Å². The lowest BCUT2D eigenvalue weighted by Gasteiger charge is -2.17. The van der Waals surface area contributed by atoms with Gasteiger partial charge in [-0.2, -0.15) is 13.2 Å². The average molecular weight is 339 g/mol. The Kier molecular flexibility index (Phi) is 5.46. The third-order valence-corrected chi connectivity index (χ3v) is 4.77. The van der Waals surface area contributed by atoms with Crippen LogP contribution >= 0.6 is 24.2 Å². The van der Waals surface area contributed by atoms with Gasteiger partial charge in [-0.05, 0) is 54.4 Å². The smallest absolute Gasteiger partial charge is 0.316 e. The number of thioether (sulfide) groups is 1. The number of halogens is 4. The van der Waals surface area contributed by atoms with Crippen molar-refractivity contribution in [1.82, 2.24) is 10.2 Å². The first kappa shape index (κ1) is 16.9. The largest absolute Gasteiger partial charge is 0.446 e. The van der Waals surface area contributed by atoms with Crippen LogP contribution in [0.5, 0.6) is 0 Å². The topological polar surface area (TPSA) is 15.3 Å². The number of likely N-dealkylation sites (tertiary alicyclic amines) is 1. The molecule has 1 aromatic rings. The van der Waals surface area contributed by atoms with E-state index in [9.17, 15) is 13.2 Å². The van der Waals surface area contributed by atoms with Gasteiger partial charge in [-0.25, -0.2) is 0 Å². The lowest BCUT2D eigenvalue weighted by Crippen LogP contribution is -2.25. The monoisotopic (exact) mass is 338 g/mol. The summed E-state index contributed by atoms with van der Waals surface area (Å²) < 4.78 is 36.7. The van der Waals surface area contributed by atoms with Crippen LogP contribution in [-0.2, 0) is 6.54 Å². The minimum absolute atomic E-state index is 0. The van der Waals surface area contributed by atoms with Crippen molar-refractivity contribution in [2.45, 2.75) is 16.9 Å². The highest BCUT2D eigenvalue weighted by atomic mass is 35.5. The van der Waals surface area contributed by atoms with Gasteiger partial charge in [0.1, 0.15) is 0 Å². The number of alkyl halides is 3. The van der Waals surface area contributed by atoms with E-state index in [0.717, 1.165) is 50.1 Å². The summed E-state index contributed by atoms with van der Waals surface area (Å²) in [5, 5.41) is 3.40. The molecule has 2 aliphatic rings. The number of nitrogens with zero attached hydrogens (tertiary/aromatic N) is 1. The van der Waals surface area contributed by atoms with Crippen molar-refractivity contribution in [3.05, 3.63) is 29.8 Å². The van der Waals surface area contributed by atoms with E-state index in [4.69, 9.17) is 0 Å². The molecule has 3 rings (SSSR count). The van der Waals surface area contributed by atoms with E-state index in [1.54, 1.807) is 24.3 Å². The molecule has 1 N–H and O–H groups in total. The second kappa shape index (κ2) is 6.77. The molecule has 0 spiro atoms. The molecule has 21 heavy (non-hydrogen) atoms. The van der Waals surface area contributed by atoms with E-state index in [1.807, 2.05) is 0 Å². The second-order valence-electron chi connectivity index (χ2n) is 5.56. The highest BCUT2D eigenvalue weighted by Gasteiger charge is 2.35. The van der Waals surface area contributed by atoms with Crippen LogP contribution in [0.4, 0.5) is 13.2 Å². The Hall–Kier alpha value is -0.430. The number of hydrogen-bond donors (Lipinski definition) is 1. The van der Waals surface area contributed by atoms with Crippen molar-refractivity contribution < 1.29 is 13.2 Å². The van der Waals surface area contributed by atoms with Crippen LogP contribution in [0.3, 0.4) is 0 Å². The lowest BCUT2D eigenvalue weighted by atomic mass is 10.0.